The molecule has 0 bridgehead atoms. The van der Waals surface area contributed by atoms with Crippen LogP contribution in [0.5, 0.6) is 0 Å². The molecule has 4 aliphatic carbocycles. The van der Waals surface area contributed by atoms with Crippen LogP contribution in [0.2, 0.25) is 0 Å². The number of aliphatic hydroxyl groups excluding tert-OH is 1. The van der Waals surface area contributed by atoms with Crippen LogP contribution in [-0.2, 0) is 19.1 Å². The molecule has 0 amide bonds. The number of esters is 2. The average molecular weight is 447 g/mol. The van der Waals surface area contributed by atoms with Gasteiger partial charge >= 0.3 is 11.9 Å². The summed E-state index contributed by atoms with van der Waals surface area (Å²) >= 11 is 0. The molecule has 1 N–H and O–H groups in total. The third kappa shape index (κ3) is 3.82. The van der Waals surface area contributed by atoms with E-state index in [1.165, 1.54) is 38.9 Å². The maximum absolute atomic E-state index is 11.7. The molecule has 4 rings (SSSR count). The molecule has 4 aliphatic rings. The van der Waals surface area contributed by atoms with E-state index in [4.69, 9.17) is 9.47 Å². The number of hydrogen-bond acceptors (Lipinski definition) is 5. The van der Waals surface area contributed by atoms with E-state index in [1.807, 2.05) is 0 Å². The monoisotopic (exact) mass is 446 g/mol. The first-order chi connectivity index (χ1) is 15.1. The number of hydrogen-bond donors (Lipinski definition) is 1. The second-order valence-corrected chi connectivity index (χ2v) is 11.6. The Bertz CT molecular complexity index is 774. The van der Waals surface area contributed by atoms with E-state index in [1.54, 1.807) is 0 Å². The molecule has 3 fully saturated rings. The van der Waals surface area contributed by atoms with Crippen LogP contribution >= 0.6 is 0 Å². The summed E-state index contributed by atoms with van der Waals surface area (Å²) in [6, 6.07) is 0. The first-order valence-corrected chi connectivity index (χ1v) is 12.8. The number of rotatable bonds is 5. The predicted octanol–water partition coefficient (Wildman–Crippen LogP) is 5.06. The highest BCUT2D eigenvalue weighted by Gasteiger charge is 2.60. The van der Waals surface area contributed by atoms with E-state index in [0.29, 0.717) is 36.0 Å². The van der Waals surface area contributed by atoms with Crippen molar-refractivity contribution in [2.75, 3.05) is 7.11 Å². The lowest BCUT2D eigenvalue weighted by Gasteiger charge is -2.58. The molecule has 180 valence electrons. The molecule has 5 heteroatoms. The minimum absolute atomic E-state index is 0.0491. The first kappa shape index (κ1) is 23.8. The fourth-order valence-electron chi connectivity index (χ4n) is 8.44. The zero-order valence-corrected chi connectivity index (χ0v) is 20.6. The fourth-order valence-corrected chi connectivity index (χ4v) is 8.44. The summed E-state index contributed by atoms with van der Waals surface area (Å²) in [6.07, 6.45) is 10.7. The molecule has 7 unspecified atom stereocenters. The molecule has 0 aromatic heterocycles. The van der Waals surface area contributed by atoms with E-state index in [9.17, 15) is 14.7 Å². The topological polar surface area (TPSA) is 72.8 Å². The Labute approximate surface area is 193 Å². The summed E-state index contributed by atoms with van der Waals surface area (Å²) in [6.45, 7) is 8.48. The Balaban J connectivity index is 1.55. The SMILES string of the molecule is COC(=O)CCC(C)C1CCC2C3CCC4CC(OC(C)=O)CC[C@]4(C)C3=CC(O)[C@]12C. The summed E-state index contributed by atoms with van der Waals surface area (Å²) in [5, 5.41) is 11.6. The summed E-state index contributed by atoms with van der Waals surface area (Å²) in [5.74, 6) is 2.08. The Morgan fingerprint density at radius 3 is 2.62 bits per heavy atom. The maximum atomic E-state index is 11.7. The van der Waals surface area contributed by atoms with Gasteiger partial charge in [-0.3, -0.25) is 9.59 Å². The molecule has 0 spiro atoms. The number of methoxy groups -OCH3 is 1. The van der Waals surface area contributed by atoms with Gasteiger partial charge in [0.15, 0.2) is 0 Å². The van der Waals surface area contributed by atoms with Crippen molar-refractivity contribution in [2.45, 2.75) is 97.7 Å². The largest absolute Gasteiger partial charge is 0.469 e. The van der Waals surface area contributed by atoms with Gasteiger partial charge in [-0.1, -0.05) is 32.4 Å². The van der Waals surface area contributed by atoms with Crippen LogP contribution in [0, 0.1) is 40.4 Å². The van der Waals surface area contributed by atoms with Crippen molar-refractivity contribution in [1.29, 1.82) is 0 Å². The first-order valence-electron chi connectivity index (χ1n) is 12.8. The van der Waals surface area contributed by atoms with Gasteiger partial charge < -0.3 is 14.6 Å². The van der Waals surface area contributed by atoms with E-state index in [-0.39, 0.29) is 28.9 Å². The van der Waals surface area contributed by atoms with Gasteiger partial charge in [0, 0.05) is 18.8 Å². The number of carbonyl (C=O) groups is 2. The van der Waals surface area contributed by atoms with Crippen LogP contribution in [0.1, 0.15) is 85.5 Å². The third-order valence-electron chi connectivity index (χ3n) is 10.2. The van der Waals surface area contributed by atoms with Crippen LogP contribution in [-0.4, -0.2) is 36.4 Å². The normalized spacial score (nSPS) is 43.9. The second kappa shape index (κ2) is 8.77. The summed E-state index contributed by atoms with van der Waals surface area (Å²) in [7, 11) is 1.45. The number of aliphatic hydroxyl groups is 1. The van der Waals surface area contributed by atoms with Crippen molar-refractivity contribution >= 4 is 11.9 Å². The van der Waals surface area contributed by atoms with Crippen LogP contribution in [0.25, 0.3) is 0 Å². The number of carbonyl (C=O) groups excluding carboxylic acids is 2. The number of allylic oxidation sites excluding steroid dienone is 1. The molecule has 5 nitrogen and oxygen atoms in total. The Kier molecular flexibility index (Phi) is 6.52. The van der Waals surface area contributed by atoms with Crippen molar-refractivity contribution < 1.29 is 24.2 Å². The Morgan fingerprint density at radius 2 is 1.94 bits per heavy atom. The lowest BCUT2D eigenvalue weighted by molar-refractivity contribution is -0.151. The van der Waals surface area contributed by atoms with Gasteiger partial charge in [-0.05, 0) is 86.4 Å². The van der Waals surface area contributed by atoms with Crippen molar-refractivity contribution in [3.8, 4) is 0 Å². The number of ether oxygens (including phenoxy) is 2. The van der Waals surface area contributed by atoms with Gasteiger partial charge in [0.05, 0.1) is 13.2 Å². The van der Waals surface area contributed by atoms with Crippen LogP contribution in [0.3, 0.4) is 0 Å². The number of fused-ring (bicyclic) bond motifs is 5. The molecular weight excluding hydrogens is 404 g/mol. The Hall–Kier alpha value is -1.36. The van der Waals surface area contributed by atoms with E-state index >= 15 is 0 Å². The molecule has 0 heterocycles. The van der Waals surface area contributed by atoms with Crippen molar-refractivity contribution in [3.63, 3.8) is 0 Å². The van der Waals surface area contributed by atoms with Crippen LogP contribution < -0.4 is 0 Å². The predicted molar refractivity (Wildman–Crippen MR) is 123 cm³/mol. The molecule has 0 saturated heterocycles. The van der Waals surface area contributed by atoms with E-state index in [0.717, 1.165) is 32.1 Å². The fraction of sp³-hybridized carbons (Fsp3) is 0.852. The van der Waals surface area contributed by atoms with E-state index < -0.39 is 6.10 Å². The molecule has 0 aliphatic heterocycles. The van der Waals surface area contributed by atoms with Crippen LogP contribution in [0.4, 0.5) is 0 Å². The molecule has 0 aromatic carbocycles. The minimum Gasteiger partial charge on any atom is -0.469 e. The zero-order valence-electron chi connectivity index (χ0n) is 20.6. The van der Waals surface area contributed by atoms with Crippen molar-refractivity contribution in [1.82, 2.24) is 0 Å². The minimum atomic E-state index is -0.436. The van der Waals surface area contributed by atoms with E-state index in [2.05, 4.69) is 26.8 Å². The third-order valence-corrected chi connectivity index (χ3v) is 10.2. The lowest BCUT2D eigenvalue weighted by Crippen LogP contribution is -2.53. The van der Waals surface area contributed by atoms with Gasteiger partial charge in [0.25, 0.3) is 0 Å². The van der Waals surface area contributed by atoms with Gasteiger partial charge in [-0.15, -0.1) is 0 Å². The highest BCUT2D eigenvalue weighted by molar-refractivity contribution is 5.69. The van der Waals surface area contributed by atoms with Gasteiger partial charge in [0.2, 0.25) is 0 Å². The molecular formula is C27H42O5. The maximum Gasteiger partial charge on any atom is 0.305 e. The smallest absolute Gasteiger partial charge is 0.305 e. The zero-order chi connectivity index (χ0) is 23.3. The van der Waals surface area contributed by atoms with Crippen molar-refractivity contribution in [2.24, 2.45) is 40.4 Å². The molecule has 3 saturated carbocycles. The summed E-state index contributed by atoms with van der Waals surface area (Å²) in [5.41, 5.74) is 1.48. The van der Waals surface area contributed by atoms with Gasteiger partial charge in [0.1, 0.15) is 6.10 Å². The van der Waals surface area contributed by atoms with Gasteiger partial charge in [-0.2, -0.15) is 0 Å². The lowest BCUT2D eigenvalue weighted by atomic mass is 9.47. The second-order valence-electron chi connectivity index (χ2n) is 11.6. The Morgan fingerprint density at radius 1 is 1.19 bits per heavy atom. The quantitative estimate of drug-likeness (QED) is 0.472. The molecule has 0 radical (unpaired) electrons. The van der Waals surface area contributed by atoms with Crippen LogP contribution in [0.15, 0.2) is 11.6 Å². The molecule has 9 atom stereocenters. The highest BCUT2D eigenvalue weighted by Crippen LogP contribution is 2.66. The molecule has 0 aromatic rings. The summed E-state index contributed by atoms with van der Waals surface area (Å²) < 4.78 is 10.4. The standard InChI is InChI=1S/C27H42O5/c1-16(6-11-25(30)31-5)21-9-10-22-20-8-7-18-14-19(32-17(2)28)12-13-26(18,3)23(20)15-24(29)27(21,22)4/h15-16,18-22,24,29H,6-14H2,1-5H3/t16?,18?,19?,20?,21?,22?,24?,26-,27+/m0/s1. The van der Waals surface area contributed by atoms with Gasteiger partial charge in [-0.25, -0.2) is 0 Å². The summed E-state index contributed by atoms with van der Waals surface area (Å²) in [4.78, 5) is 23.2. The highest BCUT2D eigenvalue weighted by atomic mass is 16.5. The average Bonchev–Trinajstić information content (AvgIpc) is 3.11. The van der Waals surface area contributed by atoms with Crippen molar-refractivity contribution in [3.05, 3.63) is 11.6 Å². The molecule has 32 heavy (non-hydrogen) atoms.